The first-order valence-corrected chi connectivity index (χ1v) is 5.91. The number of nitrogens with zero attached hydrogens (tertiary/aromatic N) is 2. The molecule has 0 saturated heterocycles. The number of aromatic nitrogens is 2. The first-order valence-electron chi connectivity index (χ1n) is 5.53. The minimum Gasteiger partial charge on any atom is -0.495 e. The molecule has 0 aliphatic heterocycles. The summed E-state index contributed by atoms with van der Waals surface area (Å²) in [5, 5.41) is 10.7. The van der Waals surface area contributed by atoms with Crippen LogP contribution in [-0.4, -0.2) is 29.3 Å². The van der Waals surface area contributed by atoms with Crippen LogP contribution in [0.2, 0.25) is 5.02 Å². The summed E-state index contributed by atoms with van der Waals surface area (Å²) in [5.74, 6) is 0.825. The molecule has 0 aliphatic carbocycles. The van der Waals surface area contributed by atoms with Crippen LogP contribution in [0, 0.1) is 0 Å². The highest BCUT2D eigenvalue weighted by molar-refractivity contribution is 6.32. The first kappa shape index (κ1) is 13.6. The van der Waals surface area contributed by atoms with E-state index in [0.717, 1.165) is 0 Å². The van der Waals surface area contributed by atoms with Crippen LogP contribution in [0.4, 0.5) is 0 Å². The Balaban J connectivity index is 2.38. The Hall–Kier alpha value is -1.85. The van der Waals surface area contributed by atoms with Gasteiger partial charge in [-0.25, -0.2) is 4.98 Å². The summed E-state index contributed by atoms with van der Waals surface area (Å²) in [6.07, 6.45) is 2.02. The lowest BCUT2D eigenvalue weighted by Crippen LogP contribution is -2.06. The van der Waals surface area contributed by atoms with Gasteiger partial charge in [-0.1, -0.05) is 17.7 Å². The molecule has 0 fully saturated rings. The summed E-state index contributed by atoms with van der Waals surface area (Å²) in [6, 6.07) is 5.02. The molecule has 1 N–H and O–H groups in total. The van der Waals surface area contributed by atoms with E-state index in [2.05, 4.69) is 9.97 Å². The molecule has 0 saturated carbocycles. The first-order chi connectivity index (χ1) is 9.17. The fraction of sp³-hybridized carbons (Fsp3) is 0.231. The lowest BCUT2D eigenvalue weighted by Gasteiger charge is -2.14. The molecule has 0 spiro atoms. The van der Waals surface area contributed by atoms with Gasteiger partial charge in [0.2, 0.25) is 5.88 Å². The monoisotopic (exact) mass is 280 g/mol. The van der Waals surface area contributed by atoms with Crippen LogP contribution in [0.25, 0.3) is 0 Å². The maximum Gasteiger partial charge on any atom is 0.238 e. The molecular formula is C13H13ClN2O3. The number of hydrogen-bond acceptors (Lipinski definition) is 5. The Kier molecular flexibility index (Phi) is 4.19. The molecule has 0 bridgehead atoms. The van der Waals surface area contributed by atoms with Crippen molar-refractivity contribution in [2.45, 2.75) is 6.10 Å². The van der Waals surface area contributed by atoms with Gasteiger partial charge in [0.1, 0.15) is 17.5 Å². The molecule has 19 heavy (non-hydrogen) atoms. The van der Waals surface area contributed by atoms with Crippen LogP contribution in [0.1, 0.15) is 17.4 Å². The molecule has 2 rings (SSSR count). The molecule has 0 amide bonds. The Morgan fingerprint density at radius 2 is 1.89 bits per heavy atom. The van der Waals surface area contributed by atoms with Crippen LogP contribution in [0.3, 0.4) is 0 Å². The average Bonchev–Trinajstić information content (AvgIpc) is 2.46. The van der Waals surface area contributed by atoms with Gasteiger partial charge in [0.15, 0.2) is 0 Å². The summed E-state index contributed by atoms with van der Waals surface area (Å²) in [4.78, 5) is 8.08. The number of halogens is 1. The third kappa shape index (κ3) is 2.77. The number of aliphatic hydroxyl groups excluding tert-OH is 1. The van der Waals surface area contributed by atoms with Crippen molar-refractivity contribution in [3.05, 3.63) is 46.9 Å². The van der Waals surface area contributed by atoms with Crippen LogP contribution in [0.15, 0.2) is 30.6 Å². The number of methoxy groups -OCH3 is 2. The summed E-state index contributed by atoms with van der Waals surface area (Å²) in [5.41, 5.74) is 0.927. The van der Waals surface area contributed by atoms with E-state index >= 15 is 0 Å². The molecule has 0 radical (unpaired) electrons. The molecule has 1 aromatic heterocycles. The van der Waals surface area contributed by atoms with Gasteiger partial charge >= 0.3 is 0 Å². The quantitative estimate of drug-likeness (QED) is 0.930. The topological polar surface area (TPSA) is 64.5 Å². The normalized spacial score (nSPS) is 12.0. The minimum atomic E-state index is -0.966. The smallest absolute Gasteiger partial charge is 0.238 e. The maximum absolute atomic E-state index is 10.3. The third-order valence-corrected chi connectivity index (χ3v) is 2.93. The fourth-order valence-corrected chi connectivity index (χ4v) is 1.96. The molecule has 100 valence electrons. The Morgan fingerprint density at radius 3 is 2.53 bits per heavy atom. The van der Waals surface area contributed by atoms with Crippen molar-refractivity contribution < 1.29 is 14.6 Å². The maximum atomic E-state index is 10.3. The SMILES string of the molecule is COc1ccc(C(O)c2nccnc2OC)cc1Cl. The second-order valence-electron chi connectivity index (χ2n) is 3.75. The van der Waals surface area contributed by atoms with E-state index < -0.39 is 6.10 Å². The number of aliphatic hydroxyl groups is 1. The van der Waals surface area contributed by atoms with Gasteiger partial charge in [0.05, 0.1) is 19.2 Å². The predicted octanol–water partition coefficient (Wildman–Crippen LogP) is 2.23. The largest absolute Gasteiger partial charge is 0.495 e. The minimum absolute atomic E-state index is 0.280. The molecule has 6 heteroatoms. The molecule has 2 aromatic rings. The van der Waals surface area contributed by atoms with Gasteiger partial charge in [0.25, 0.3) is 0 Å². The third-order valence-electron chi connectivity index (χ3n) is 2.64. The highest BCUT2D eigenvalue weighted by Crippen LogP contribution is 2.31. The lowest BCUT2D eigenvalue weighted by atomic mass is 10.1. The second kappa shape index (κ2) is 5.86. The summed E-state index contributed by atoms with van der Waals surface area (Å²) < 4.78 is 10.1. The van der Waals surface area contributed by atoms with E-state index in [4.69, 9.17) is 21.1 Å². The van der Waals surface area contributed by atoms with Gasteiger partial charge in [0, 0.05) is 12.4 Å². The van der Waals surface area contributed by atoms with Crippen molar-refractivity contribution in [3.8, 4) is 11.6 Å². The summed E-state index contributed by atoms with van der Waals surface area (Å²) in [6.45, 7) is 0. The molecule has 1 aromatic carbocycles. The van der Waals surface area contributed by atoms with E-state index in [1.54, 1.807) is 18.2 Å². The zero-order chi connectivity index (χ0) is 13.8. The van der Waals surface area contributed by atoms with Crippen molar-refractivity contribution >= 4 is 11.6 Å². The molecule has 0 aliphatic rings. The van der Waals surface area contributed by atoms with Crippen LogP contribution < -0.4 is 9.47 Å². The summed E-state index contributed by atoms with van der Waals surface area (Å²) in [7, 11) is 3.00. The van der Waals surface area contributed by atoms with Crippen molar-refractivity contribution in [1.82, 2.24) is 9.97 Å². The highest BCUT2D eigenvalue weighted by atomic mass is 35.5. The zero-order valence-corrected chi connectivity index (χ0v) is 11.3. The van der Waals surface area contributed by atoms with Crippen molar-refractivity contribution in [2.75, 3.05) is 14.2 Å². The number of rotatable bonds is 4. The molecular weight excluding hydrogens is 268 g/mol. The van der Waals surface area contributed by atoms with Gasteiger partial charge < -0.3 is 14.6 Å². The number of ether oxygens (including phenoxy) is 2. The highest BCUT2D eigenvalue weighted by Gasteiger charge is 2.18. The molecule has 1 unspecified atom stereocenters. The molecule has 5 nitrogen and oxygen atoms in total. The Bertz CT molecular complexity index is 578. The average molecular weight is 281 g/mol. The van der Waals surface area contributed by atoms with Crippen molar-refractivity contribution in [1.29, 1.82) is 0 Å². The van der Waals surface area contributed by atoms with Gasteiger partial charge in [-0.05, 0) is 17.7 Å². The number of benzene rings is 1. The lowest BCUT2D eigenvalue weighted by molar-refractivity contribution is 0.207. The van der Waals surface area contributed by atoms with Gasteiger partial charge in [-0.3, -0.25) is 4.98 Å². The Morgan fingerprint density at radius 1 is 1.16 bits per heavy atom. The van der Waals surface area contributed by atoms with E-state index in [-0.39, 0.29) is 5.88 Å². The standard InChI is InChI=1S/C13H13ClN2O3/c1-18-10-4-3-8(7-9(10)14)12(17)11-13(19-2)16-6-5-15-11/h3-7,12,17H,1-2H3. The summed E-state index contributed by atoms with van der Waals surface area (Å²) >= 11 is 6.03. The zero-order valence-electron chi connectivity index (χ0n) is 10.5. The van der Waals surface area contributed by atoms with Crippen LogP contribution in [-0.2, 0) is 0 Å². The van der Waals surface area contributed by atoms with E-state index in [0.29, 0.717) is 22.0 Å². The fourth-order valence-electron chi connectivity index (χ4n) is 1.69. The van der Waals surface area contributed by atoms with E-state index in [9.17, 15) is 5.11 Å². The van der Waals surface area contributed by atoms with E-state index in [1.807, 2.05) is 0 Å². The van der Waals surface area contributed by atoms with Crippen LogP contribution in [0.5, 0.6) is 11.6 Å². The second-order valence-corrected chi connectivity index (χ2v) is 4.15. The van der Waals surface area contributed by atoms with Crippen LogP contribution >= 0.6 is 11.6 Å². The van der Waals surface area contributed by atoms with Crippen molar-refractivity contribution in [3.63, 3.8) is 0 Å². The van der Waals surface area contributed by atoms with Gasteiger partial charge in [-0.2, -0.15) is 0 Å². The molecule has 1 atom stereocenters. The predicted molar refractivity (Wildman–Crippen MR) is 70.6 cm³/mol. The molecule has 1 heterocycles. The van der Waals surface area contributed by atoms with E-state index in [1.165, 1.54) is 26.6 Å². The van der Waals surface area contributed by atoms with Crippen molar-refractivity contribution in [2.24, 2.45) is 0 Å². The Labute approximate surface area is 115 Å². The van der Waals surface area contributed by atoms with Gasteiger partial charge in [-0.15, -0.1) is 0 Å². The number of hydrogen-bond donors (Lipinski definition) is 1.